The molecule has 0 bridgehead atoms. The molecular weight excluding hydrogens is 354 g/mol. The monoisotopic (exact) mass is 388 g/mol. The summed E-state index contributed by atoms with van der Waals surface area (Å²) in [5.41, 5.74) is 0.744. The Balaban J connectivity index is 1.52. The minimum atomic E-state index is -0.0657. The van der Waals surface area contributed by atoms with E-state index in [1.807, 2.05) is 31.2 Å². The Morgan fingerprint density at radius 1 is 1.11 bits per heavy atom. The van der Waals surface area contributed by atoms with Crippen LogP contribution in [-0.4, -0.2) is 56.0 Å². The normalized spacial score (nSPS) is 22.9. The minimum absolute atomic E-state index is 0.0657. The molecule has 1 aromatic carbocycles. The van der Waals surface area contributed by atoms with Crippen molar-refractivity contribution in [1.82, 2.24) is 4.90 Å². The van der Waals surface area contributed by atoms with Crippen LogP contribution in [0.4, 0.5) is 5.69 Å². The topological polar surface area (TPSA) is 63.1 Å². The van der Waals surface area contributed by atoms with Crippen LogP contribution in [0.2, 0.25) is 0 Å². The number of piperidine rings is 1. The summed E-state index contributed by atoms with van der Waals surface area (Å²) in [6.45, 7) is 4.37. The van der Waals surface area contributed by atoms with Gasteiger partial charge in [-0.3, -0.25) is 9.59 Å². The van der Waals surface area contributed by atoms with Gasteiger partial charge in [-0.15, -0.1) is 0 Å². The van der Waals surface area contributed by atoms with Crippen LogP contribution >= 0.6 is 0 Å². The first-order valence-corrected chi connectivity index (χ1v) is 10.7. The molecule has 0 radical (unpaired) electrons. The number of hydrogen-bond acceptors (Lipinski definition) is 3. The first kappa shape index (κ1) is 20.6. The van der Waals surface area contributed by atoms with Crippen LogP contribution in [0.5, 0.6) is 5.75 Å². The summed E-state index contributed by atoms with van der Waals surface area (Å²) in [4.78, 5) is 28.6. The van der Waals surface area contributed by atoms with E-state index < -0.39 is 0 Å². The van der Waals surface area contributed by atoms with Crippen molar-refractivity contribution in [2.24, 2.45) is 5.92 Å². The Hall–Kier alpha value is -2.08. The third-order valence-corrected chi connectivity index (χ3v) is 6.25. The molecule has 2 amide bonds. The molecule has 1 saturated carbocycles. The summed E-state index contributed by atoms with van der Waals surface area (Å²) < 4.78 is 5.14. The van der Waals surface area contributed by atoms with Crippen molar-refractivity contribution < 1.29 is 19.2 Å². The molecule has 1 aliphatic carbocycles. The predicted molar refractivity (Wildman–Crippen MR) is 110 cm³/mol. The zero-order valence-electron chi connectivity index (χ0n) is 17.2. The molecule has 1 heterocycles. The molecule has 1 aromatic rings. The SMILES string of the molecule is CC[NH+](CC(=O)Nc1ccc(OC)cc1)CC(=O)N1CCC[C@@H]2CCCC[C@@H]21. The molecule has 3 rings (SSSR count). The van der Waals surface area contributed by atoms with Crippen molar-refractivity contribution in [1.29, 1.82) is 0 Å². The van der Waals surface area contributed by atoms with E-state index in [1.54, 1.807) is 7.11 Å². The lowest BCUT2D eigenvalue weighted by Crippen LogP contribution is -3.14. The van der Waals surface area contributed by atoms with E-state index in [0.29, 0.717) is 25.0 Å². The Kier molecular flexibility index (Phi) is 7.31. The van der Waals surface area contributed by atoms with Gasteiger partial charge in [0.15, 0.2) is 13.1 Å². The highest BCUT2D eigenvalue weighted by molar-refractivity contribution is 5.91. The lowest BCUT2D eigenvalue weighted by Gasteiger charge is -2.44. The maximum atomic E-state index is 13.0. The van der Waals surface area contributed by atoms with Crippen molar-refractivity contribution in [3.8, 4) is 5.75 Å². The summed E-state index contributed by atoms with van der Waals surface area (Å²) in [5.74, 6) is 1.59. The average Bonchev–Trinajstić information content (AvgIpc) is 2.73. The van der Waals surface area contributed by atoms with Crippen molar-refractivity contribution in [3.05, 3.63) is 24.3 Å². The van der Waals surface area contributed by atoms with Crippen LogP contribution in [0.15, 0.2) is 24.3 Å². The van der Waals surface area contributed by atoms with Crippen LogP contribution < -0.4 is 15.0 Å². The Labute approximate surface area is 168 Å². The highest BCUT2D eigenvalue weighted by atomic mass is 16.5. The zero-order chi connectivity index (χ0) is 19.9. The number of carbonyl (C=O) groups is 2. The zero-order valence-corrected chi connectivity index (χ0v) is 17.2. The number of benzene rings is 1. The number of amides is 2. The van der Waals surface area contributed by atoms with Crippen LogP contribution in [0.3, 0.4) is 0 Å². The lowest BCUT2D eigenvalue weighted by molar-refractivity contribution is -0.882. The largest absolute Gasteiger partial charge is 0.497 e. The summed E-state index contributed by atoms with van der Waals surface area (Å²) in [6.07, 6.45) is 7.34. The van der Waals surface area contributed by atoms with Gasteiger partial charge in [-0.05, 0) is 62.8 Å². The van der Waals surface area contributed by atoms with Gasteiger partial charge in [-0.2, -0.15) is 0 Å². The first-order chi connectivity index (χ1) is 13.6. The number of carbonyl (C=O) groups excluding carboxylic acids is 2. The number of nitrogens with one attached hydrogen (secondary N) is 2. The first-order valence-electron chi connectivity index (χ1n) is 10.7. The number of rotatable bonds is 7. The van der Waals surface area contributed by atoms with Gasteiger partial charge in [-0.25, -0.2) is 0 Å². The summed E-state index contributed by atoms with van der Waals surface area (Å²) in [5, 5.41) is 2.92. The van der Waals surface area contributed by atoms with E-state index in [9.17, 15) is 9.59 Å². The number of anilines is 1. The fourth-order valence-corrected chi connectivity index (χ4v) is 4.67. The average molecular weight is 389 g/mol. The molecule has 1 aliphatic heterocycles. The fourth-order valence-electron chi connectivity index (χ4n) is 4.67. The summed E-state index contributed by atoms with van der Waals surface area (Å²) in [6, 6.07) is 7.72. The van der Waals surface area contributed by atoms with Crippen LogP contribution in [-0.2, 0) is 9.59 Å². The van der Waals surface area contributed by atoms with Gasteiger partial charge in [0.05, 0.1) is 13.7 Å². The van der Waals surface area contributed by atoms with Gasteiger partial charge >= 0.3 is 0 Å². The van der Waals surface area contributed by atoms with Gasteiger partial charge in [0.2, 0.25) is 0 Å². The standard InChI is InChI=1S/C22H33N3O3/c1-3-24(15-21(26)23-18-10-12-19(28-2)13-11-18)16-22(27)25-14-6-8-17-7-4-5-9-20(17)25/h10-13,17,20H,3-9,14-16H2,1-2H3,(H,23,26)/p+1/t17-,20-/m0/s1. The van der Waals surface area contributed by atoms with E-state index in [0.717, 1.165) is 42.3 Å². The summed E-state index contributed by atoms with van der Waals surface area (Å²) >= 11 is 0. The molecule has 2 fully saturated rings. The Bertz CT molecular complexity index is 659. The Morgan fingerprint density at radius 3 is 2.54 bits per heavy atom. The number of fused-ring (bicyclic) bond motifs is 1. The highest BCUT2D eigenvalue weighted by Gasteiger charge is 2.36. The van der Waals surface area contributed by atoms with Crippen molar-refractivity contribution >= 4 is 17.5 Å². The summed E-state index contributed by atoms with van der Waals surface area (Å²) in [7, 11) is 1.62. The molecule has 6 heteroatoms. The number of quaternary nitrogens is 1. The molecule has 2 aliphatic rings. The van der Waals surface area contributed by atoms with E-state index >= 15 is 0 Å². The van der Waals surface area contributed by atoms with Crippen LogP contribution in [0.1, 0.15) is 45.4 Å². The number of nitrogens with zero attached hydrogens (tertiary/aromatic N) is 1. The fraction of sp³-hybridized carbons (Fsp3) is 0.636. The van der Waals surface area contributed by atoms with Gasteiger partial charge < -0.3 is 19.9 Å². The molecule has 1 saturated heterocycles. The number of hydrogen-bond donors (Lipinski definition) is 2. The lowest BCUT2D eigenvalue weighted by atomic mass is 9.78. The van der Waals surface area contributed by atoms with Gasteiger partial charge in [0.1, 0.15) is 5.75 Å². The second-order valence-electron chi connectivity index (χ2n) is 8.08. The third kappa shape index (κ3) is 5.25. The number of ether oxygens (including phenoxy) is 1. The number of likely N-dealkylation sites (tertiary alicyclic amines) is 1. The molecule has 1 unspecified atom stereocenters. The van der Waals surface area contributed by atoms with Gasteiger partial charge in [0, 0.05) is 18.3 Å². The van der Waals surface area contributed by atoms with Crippen LogP contribution in [0.25, 0.3) is 0 Å². The molecule has 0 aromatic heterocycles. The highest BCUT2D eigenvalue weighted by Crippen LogP contribution is 2.35. The van der Waals surface area contributed by atoms with Crippen molar-refractivity contribution in [2.75, 3.05) is 38.6 Å². The van der Waals surface area contributed by atoms with Crippen molar-refractivity contribution in [2.45, 2.75) is 51.5 Å². The quantitative estimate of drug-likeness (QED) is 0.748. The van der Waals surface area contributed by atoms with Crippen LogP contribution in [0, 0.1) is 5.92 Å². The molecule has 6 nitrogen and oxygen atoms in total. The molecule has 28 heavy (non-hydrogen) atoms. The van der Waals surface area contributed by atoms with E-state index in [-0.39, 0.29) is 11.8 Å². The van der Waals surface area contributed by atoms with E-state index in [4.69, 9.17) is 4.74 Å². The van der Waals surface area contributed by atoms with Crippen molar-refractivity contribution in [3.63, 3.8) is 0 Å². The number of likely N-dealkylation sites (N-methyl/N-ethyl adjacent to an activating group) is 1. The molecule has 3 atom stereocenters. The predicted octanol–water partition coefficient (Wildman–Crippen LogP) is 1.72. The maximum absolute atomic E-state index is 13.0. The smallest absolute Gasteiger partial charge is 0.279 e. The van der Waals surface area contributed by atoms with Gasteiger partial charge in [-0.1, -0.05) is 12.8 Å². The number of methoxy groups -OCH3 is 1. The van der Waals surface area contributed by atoms with Gasteiger partial charge in [0.25, 0.3) is 11.8 Å². The molecule has 0 spiro atoms. The Morgan fingerprint density at radius 2 is 1.82 bits per heavy atom. The third-order valence-electron chi connectivity index (χ3n) is 6.25. The second-order valence-corrected chi connectivity index (χ2v) is 8.08. The minimum Gasteiger partial charge on any atom is -0.497 e. The van der Waals surface area contributed by atoms with E-state index in [1.165, 1.54) is 25.7 Å². The molecular formula is C22H34N3O3+. The molecule has 154 valence electrons. The molecule has 2 N–H and O–H groups in total. The maximum Gasteiger partial charge on any atom is 0.279 e. The second kappa shape index (κ2) is 9.92. The van der Waals surface area contributed by atoms with E-state index in [2.05, 4.69) is 10.2 Å².